The summed E-state index contributed by atoms with van der Waals surface area (Å²) in [6.45, 7) is 4.42. The fourth-order valence-corrected chi connectivity index (χ4v) is 6.88. The third-order valence-corrected chi connectivity index (χ3v) is 9.52. The highest BCUT2D eigenvalue weighted by Crippen LogP contribution is 2.31. The minimum Gasteiger partial charge on any atom is -0.445 e. The molecule has 11 nitrogen and oxygen atoms in total. The van der Waals surface area contributed by atoms with Crippen molar-refractivity contribution in [3.8, 4) is 0 Å². The quantitative estimate of drug-likeness (QED) is 0.124. The van der Waals surface area contributed by atoms with Crippen molar-refractivity contribution in [3.05, 3.63) is 101 Å². The Morgan fingerprint density at radius 3 is 2.20 bits per heavy atom. The average Bonchev–Trinajstić information content (AvgIpc) is 3.72. The lowest BCUT2D eigenvalue weighted by Crippen LogP contribution is -2.56. The Kier molecular flexibility index (Phi) is 12.3. The first-order chi connectivity index (χ1) is 23.7. The number of amides is 4. The van der Waals surface area contributed by atoms with Crippen LogP contribution < -0.4 is 21.3 Å². The molecule has 12 heteroatoms. The van der Waals surface area contributed by atoms with E-state index in [0.717, 1.165) is 21.3 Å². The van der Waals surface area contributed by atoms with Gasteiger partial charge in [0.05, 0.1) is 16.3 Å². The topological polar surface area (TPSA) is 159 Å². The molecule has 0 radical (unpaired) electrons. The van der Waals surface area contributed by atoms with E-state index in [1.54, 1.807) is 0 Å². The lowest BCUT2D eigenvalue weighted by atomic mass is 9.94. The average molecular weight is 686 g/mol. The van der Waals surface area contributed by atoms with Gasteiger partial charge in [0.2, 0.25) is 17.7 Å². The maximum Gasteiger partial charge on any atom is 0.408 e. The highest BCUT2D eigenvalue weighted by atomic mass is 32.1. The second-order valence-electron chi connectivity index (χ2n) is 12.7. The number of fused-ring (bicyclic) bond motifs is 1. The van der Waals surface area contributed by atoms with Gasteiger partial charge >= 0.3 is 6.09 Å². The minimum absolute atomic E-state index is 0.0393. The molecule has 0 saturated carbocycles. The van der Waals surface area contributed by atoms with Crippen molar-refractivity contribution in [2.24, 2.45) is 11.8 Å². The van der Waals surface area contributed by atoms with Crippen LogP contribution in [0.4, 0.5) is 4.79 Å². The molecule has 2 heterocycles. The zero-order valence-electron chi connectivity index (χ0n) is 27.6. The number of alkyl carbamates (subject to hydrolysis) is 1. The first-order valence-corrected chi connectivity index (χ1v) is 17.4. The van der Waals surface area contributed by atoms with E-state index in [9.17, 15) is 24.3 Å². The summed E-state index contributed by atoms with van der Waals surface area (Å²) in [5, 5.41) is 23.3. The van der Waals surface area contributed by atoms with Crippen LogP contribution in [0.25, 0.3) is 10.2 Å². The van der Waals surface area contributed by atoms with Crippen molar-refractivity contribution in [2.45, 2.75) is 70.4 Å². The number of aliphatic hydroxyl groups is 1. The van der Waals surface area contributed by atoms with E-state index in [1.165, 1.54) is 11.3 Å². The van der Waals surface area contributed by atoms with Crippen molar-refractivity contribution in [1.82, 2.24) is 26.3 Å². The number of hydrogen-bond acceptors (Lipinski definition) is 8. The number of aromatic nitrogens is 1. The Hall–Kier alpha value is -4.81. The summed E-state index contributed by atoms with van der Waals surface area (Å²) < 4.78 is 6.27. The summed E-state index contributed by atoms with van der Waals surface area (Å²) in [6.07, 6.45) is -0.725. The van der Waals surface area contributed by atoms with Gasteiger partial charge in [0.25, 0.3) is 0 Å². The normalized spacial score (nSPS) is 16.7. The number of carbonyl (C=O) groups is 4. The molecular weight excluding hydrogens is 643 g/mol. The van der Waals surface area contributed by atoms with E-state index >= 15 is 0 Å². The third-order valence-electron chi connectivity index (χ3n) is 8.42. The molecule has 1 aromatic heterocycles. The fraction of sp³-hybridized carbons (Fsp3) is 0.378. The monoisotopic (exact) mass is 685 g/mol. The van der Waals surface area contributed by atoms with Crippen molar-refractivity contribution >= 4 is 45.4 Å². The highest BCUT2D eigenvalue weighted by molar-refractivity contribution is 7.18. The van der Waals surface area contributed by atoms with Crippen LogP contribution in [-0.4, -0.2) is 58.6 Å². The summed E-state index contributed by atoms with van der Waals surface area (Å²) in [5.41, 5.74) is 2.34. The standard InChI is InChI=1S/C37H43N5O6S/c1-23(2)19-29(42-37(47)48-22-25-13-7-4-8-14-25)34(45)40-30(20-24-11-5-3-6-12-24)35(46)39-28(21-26-17-18-38-33(26)44)32(43)36-41-27-15-9-10-16-31(27)49-36/h3-16,23,26,28-30,32,43H,17-22H2,1-2H3,(H,38,44)(H,39,46)(H,40,45)(H,42,47)/t26-,28-,29-,30-,32?/m0/s1. The van der Waals surface area contributed by atoms with Gasteiger partial charge in [-0.3, -0.25) is 14.4 Å². The third kappa shape index (κ3) is 10.1. The number of nitrogens with one attached hydrogen (secondary N) is 4. The van der Waals surface area contributed by atoms with Crippen LogP contribution in [0.5, 0.6) is 0 Å². The van der Waals surface area contributed by atoms with E-state index in [1.807, 2.05) is 98.8 Å². The SMILES string of the molecule is CC(C)C[C@H](NC(=O)OCc1ccccc1)C(=O)N[C@@H](Cc1ccccc1)C(=O)N[C@@H](C[C@@H]1CCNC1=O)C(O)c1nc2ccccc2s1. The van der Waals surface area contributed by atoms with Crippen LogP contribution in [0.15, 0.2) is 84.9 Å². The molecule has 49 heavy (non-hydrogen) atoms. The van der Waals surface area contributed by atoms with Crippen LogP contribution in [0.1, 0.15) is 55.3 Å². The second kappa shape index (κ2) is 17.0. The number of para-hydroxylation sites is 1. The molecule has 4 amide bonds. The van der Waals surface area contributed by atoms with Gasteiger partial charge in [-0.05, 0) is 48.4 Å². The molecule has 4 aromatic rings. The molecule has 1 aliphatic rings. The first-order valence-electron chi connectivity index (χ1n) is 16.6. The number of nitrogens with zero attached hydrogens (tertiary/aromatic N) is 1. The molecule has 1 aliphatic heterocycles. The van der Waals surface area contributed by atoms with Gasteiger partial charge in [-0.1, -0.05) is 86.6 Å². The number of carbonyl (C=O) groups excluding carboxylic acids is 4. The predicted molar refractivity (Wildman–Crippen MR) is 187 cm³/mol. The first kappa shape index (κ1) is 35.5. The Morgan fingerprint density at radius 2 is 1.55 bits per heavy atom. The number of ether oxygens (including phenoxy) is 1. The molecule has 3 aromatic carbocycles. The van der Waals surface area contributed by atoms with E-state index in [4.69, 9.17) is 4.74 Å². The predicted octanol–water partition coefficient (Wildman–Crippen LogP) is 4.41. The lowest BCUT2D eigenvalue weighted by Gasteiger charge is -2.28. The lowest BCUT2D eigenvalue weighted by molar-refractivity contribution is -0.131. The molecule has 5 N–H and O–H groups in total. The molecule has 0 bridgehead atoms. The molecule has 1 unspecified atom stereocenters. The Bertz CT molecular complexity index is 1680. The van der Waals surface area contributed by atoms with E-state index < -0.39 is 48.1 Å². The van der Waals surface area contributed by atoms with Crippen LogP contribution in [-0.2, 0) is 32.1 Å². The van der Waals surface area contributed by atoms with Crippen LogP contribution in [0.3, 0.4) is 0 Å². The van der Waals surface area contributed by atoms with Gasteiger partial charge in [-0.2, -0.15) is 0 Å². The second-order valence-corrected chi connectivity index (χ2v) is 13.8. The zero-order valence-corrected chi connectivity index (χ0v) is 28.5. The minimum atomic E-state index is -1.20. The van der Waals surface area contributed by atoms with Crippen molar-refractivity contribution in [1.29, 1.82) is 0 Å². The van der Waals surface area contributed by atoms with E-state index in [0.29, 0.717) is 24.4 Å². The van der Waals surface area contributed by atoms with Crippen molar-refractivity contribution in [2.75, 3.05) is 6.54 Å². The molecule has 0 aliphatic carbocycles. The summed E-state index contributed by atoms with van der Waals surface area (Å²) in [6, 6.07) is 23.1. The number of aliphatic hydroxyl groups excluding tert-OH is 1. The maximum atomic E-state index is 14.1. The van der Waals surface area contributed by atoms with E-state index in [2.05, 4.69) is 26.3 Å². The van der Waals surface area contributed by atoms with E-state index in [-0.39, 0.29) is 31.3 Å². The number of hydrogen-bond donors (Lipinski definition) is 5. The molecule has 0 spiro atoms. The van der Waals surface area contributed by atoms with Crippen LogP contribution >= 0.6 is 11.3 Å². The molecule has 1 fully saturated rings. The smallest absolute Gasteiger partial charge is 0.408 e. The molecule has 5 rings (SSSR count). The number of benzene rings is 3. The summed E-state index contributed by atoms with van der Waals surface area (Å²) in [4.78, 5) is 57.9. The molecule has 1 saturated heterocycles. The Balaban J connectivity index is 1.34. The summed E-state index contributed by atoms with van der Waals surface area (Å²) >= 11 is 1.32. The Morgan fingerprint density at radius 1 is 0.898 bits per heavy atom. The number of rotatable bonds is 15. The summed E-state index contributed by atoms with van der Waals surface area (Å²) in [7, 11) is 0. The maximum absolute atomic E-state index is 14.1. The van der Waals surface area contributed by atoms with Gasteiger partial charge in [0.15, 0.2) is 0 Å². The van der Waals surface area contributed by atoms with Crippen molar-refractivity contribution in [3.63, 3.8) is 0 Å². The molecular formula is C37H43N5O6S. The highest BCUT2D eigenvalue weighted by Gasteiger charge is 2.35. The van der Waals surface area contributed by atoms with Crippen LogP contribution in [0, 0.1) is 11.8 Å². The van der Waals surface area contributed by atoms with Crippen molar-refractivity contribution < 1.29 is 29.0 Å². The Labute approximate surface area is 289 Å². The fourth-order valence-electron chi connectivity index (χ4n) is 5.86. The van der Waals surface area contributed by atoms with Gasteiger partial charge in [-0.25, -0.2) is 9.78 Å². The largest absolute Gasteiger partial charge is 0.445 e. The van der Waals surface area contributed by atoms with Crippen LogP contribution in [0.2, 0.25) is 0 Å². The molecule has 5 atom stereocenters. The van der Waals surface area contributed by atoms with Gasteiger partial charge in [-0.15, -0.1) is 11.3 Å². The molecule has 258 valence electrons. The van der Waals surface area contributed by atoms with Gasteiger partial charge in [0, 0.05) is 18.9 Å². The zero-order chi connectivity index (χ0) is 34.8. The van der Waals surface area contributed by atoms with Gasteiger partial charge in [0.1, 0.15) is 29.8 Å². The number of thiazole rings is 1. The van der Waals surface area contributed by atoms with Gasteiger partial charge < -0.3 is 31.1 Å². The summed E-state index contributed by atoms with van der Waals surface area (Å²) in [5.74, 6) is -1.57.